The van der Waals surface area contributed by atoms with Crippen LogP contribution in [0, 0.1) is 0 Å². The highest BCUT2D eigenvalue weighted by Gasteiger charge is 2.05. The van der Waals surface area contributed by atoms with E-state index in [2.05, 4.69) is 98.8 Å². The molecule has 2 heteroatoms. The fourth-order valence-electron chi connectivity index (χ4n) is 5.11. The van der Waals surface area contributed by atoms with E-state index in [9.17, 15) is 0 Å². The van der Waals surface area contributed by atoms with Crippen molar-refractivity contribution < 1.29 is 0 Å². The normalized spacial score (nSPS) is 11.1. The van der Waals surface area contributed by atoms with Gasteiger partial charge in [-0.05, 0) is 108 Å². The molecule has 0 bridgehead atoms. The van der Waals surface area contributed by atoms with Crippen molar-refractivity contribution in [2.75, 3.05) is 11.5 Å². The van der Waals surface area contributed by atoms with Gasteiger partial charge in [-0.25, -0.2) is 0 Å². The summed E-state index contributed by atoms with van der Waals surface area (Å²) in [6.07, 6.45) is 10.9. The number of anilines is 2. The molecular formula is C36H44N2. The summed E-state index contributed by atoms with van der Waals surface area (Å²) in [7, 11) is 0. The Morgan fingerprint density at radius 3 is 1.13 bits per heavy atom. The summed E-state index contributed by atoms with van der Waals surface area (Å²) in [5.74, 6) is 0. The number of hydrogen-bond acceptors (Lipinski definition) is 2. The maximum absolute atomic E-state index is 6.19. The number of benzene rings is 4. The summed E-state index contributed by atoms with van der Waals surface area (Å²) < 4.78 is 0. The minimum Gasteiger partial charge on any atom is -0.399 e. The molecule has 38 heavy (non-hydrogen) atoms. The first-order valence-electron chi connectivity index (χ1n) is 14.4. The largest absolute Gasteiger partial charge is 0.399 e. The molecule has 0 aromatic heterocycles. The zero-order valence-electron chi connectivity index (χ0n) is 23.3. The van der Waals surface area contributed by atoms with E-state index >= 15 is 0 Å². The number of rotatable bonds is 13. The number of nitrogen functional groups attached to an aromatic ring is 2. The second-order valence-corrected chi connectivity index (χ2v) is 10.8. The third-order valence-corrected chi connectivity index (χ3v) is 7.58. The van der Waals surface area contributed by atoms with Crippen LogP contribution >= 0.6 is 0 Å². The molecule has 0 aliphatic carbocycles. The molecule has 0 saturated carbocycles. The summed E-state index contributed by atoms with van der Waals surface area (Å²) in [6, 6.07) is 31.3. The van der Waals surface area contributed by atoms with Crippen LogP contribution < -0.4 is 11.5 Å². The Morgan fingerprint density at radius 1 is 0.421 bits per heavy atom. The Balaban J connectivity index is 1.29. The van der Waals surface area contributed by atoms with Crippen LogP contribution in [0.5, 0.6) is 0 Å². The Morgan fingerprint density at radius 2 is 0.763 bits per heavy atom. The molecule has 0 atom stereocenters. The van der Waals surface area contributed by atoms with Gasteiger partial charge in [-0.1, -0.05) is 99.5 Å². The summed E-state index contributed by atoms with van der Waals surface area (Å²) in [5.41, 5.74) is 25.0. The molecule has 4 rings (SSSR count). The lowest BCUT2D eigenvalue weighted by Gasteiger charge is -2.10. The van der Waals surface area contributed by atoms with E-state index in [1.54, 1.807) is 0 Å². The lowest BCUT2D eigenvalue weighted by molar-refractivity contribution is 0.795. The zero-order valence-corrected chi connectivity index (χ0v) is 23.3. The molecule has 4 N–H and O–H groups in total. The van der Waals surface area contributed by atoms with E-state index in [-0.39, 0.29) is 0 Å². The van der Waals surface area contributed by atoms with Gasteiger partial charge < -0.3 is 11.5 Å². The van der Waals surface area contributed by atoms with Gasteiger partial charge in [0.1, 0.15) is 0 Å². The van der Waals surface area contributed by atoms with E-state index in [1.807, 2.05) is 0 Å². The standard InChI is InChI=1S/C36H44N2/c1-3-5-7-33-25-31(19-21-35(33)37)23-29-15-11-27(12-16-29)9-10-28-13-17-30(18-14-28)24-32-20-22-36(38)34(26-32)8-6-4-2/h11-22,25-26H,3-10,23-24,37-38H2,1-2H3. The lowest BCUT2D eigenvalue weighted by Crippen LogP contribution is -1.98. The van der Waals surface area contributed by atoms with Gasteiger partial charge in [0.15, 0.2) is 0 Å². The fraction of sp³-hybridized carbons (Fsp3) is 0.333. The SMILES string of the molecule is CCCCc1cc(Cc2ccc(CCc3ccc(Cc4ccc(N)c(CCCC)c4)cc3)cc2)ccc1N. The molecule has 0 radical (unpaired) electrons. The van der Waals surface area contributed by atoms with Gasteiger partial charge in [0, 0.05) is 11.4 Å². The van der Waals surface area contributed by atoms with Crippen LogP contribution in [0.3, 0.4) is 0 Å². The lowest BCUT2D eigenvalue weighted by atomic mass is 9.96. The van der Waals surface area contributed by atoms with Crippen molar-refractivity contribution in [2.45, 2.75) is 78.1 Å². The molecule has 0 spiro atoms. The third kappa shape index (κ3) is 7.99. The summed E-state index contributed by atoms with van der Waals surface area (Å²) in [5, 5.41) is 0. The van der Waals surface area contributed by atoms with E-state index < -0.39 is 0 Å². The van der Waals surface area contributed by atoms with Crippen molar-refractivity contribution in [1.29, 1.82) is 0 Å². The molecule has 0 saturated heterocycles. The van der Waals surface area contributed by atoms with Crippen LogP contribution in [0.25, 0.3) is 0 Å². The Labute approximate surface area is 230 Å². The third-order valence-electron chi connectivity index (χ3n) is 7.58. The molecule has 2 nitrogen and oxygen atoms in total. The fourth-order valence-corrected chi connectivity index (χ4v) is 5.11. The van der Waals surface area contributed by atoms with Gasteiger partial charge in [0.2, 0.25) is 0 Å². The molecule has 4 aromatic rings. The monoisotopic (exact) mass is 504 g/mol. The molecule has 0 amide bonds. The van der Waals surface area contributed by atoms with Gasteiger partial charge in [-0.3, -0.25) is 0 Å². The van der Waals surface area contributed by atoms with Crippen molar-refractivity contribution >= 4 is 11.4 Å². The highest BCUT2D eigenvalue weighted by molar-refractivity contribution is 5.50. The highest BCUT2D eigenvalue weighted by atomic mass is 14.6. The average molecular weight is 505 g/mol. The Bertz CT molecular complexity index is 1180. The van der Waals surface area contributed by atoms with Gasteiger partial charge in [0.05, 0.1) is 0 Å². The summed E-state index contributed by atoms with van der Waals surface area (Å²) in [6.45, 7) is 4.45. The van der Waals surface area contributed by atoms with Crippen LogP contribution in [0.2, 0.25) is 0 Å². The molecule has 0 heterocycles. The van der Waals surface area contributed by atoms with Gasteiger partial charge in [0.25, 0.3) is 0 Å². The first-order valence-corrected chi connectivity index (χ1v) is 14.4. The van der Waals surface area contributed by atoms with Crippen LogP contribution in [-0.2, 0) is 38.5 Å². The van der Waals surface area contributed by atoms with Crippen molar-refractivity contribution in [3.63, 3.8) is 0 Å². The minimum absolute atomic E-state index is 0.923. The molecule has 0 aliphatic heterocycles. The van der Waals surface area contributed by atoms with Gasteiger partial charge in [-0.2, -0.15) is 0 Å². The number of nitrogens with two attached hydrogens (primary N) is 2. The summed E-state index contributed by atoms with van der Waals surface area (Å²) in [4.78, 5) is 0. The van der Waals surface area contributed by atoms with Crippen molar-refractivity contribution in [3.8, 4) is 0 Å². The Kier molecular flexibility index (Phi) is 10.0. The van der Waals surface area contributed by atoms with E-state index in [4.69, 9.17) is 11.5 Å². The quantitative estimate of drug-likeness (QED) is 0.179. The van der Waals surface area contributed by atoms with Crippen LogP contribution in [0.4, 0.5) is 11.4 Å². The predicted molar refractivity (Wildman–Crippen MR) is 165 cm³/mol. The van der Waals surface area contributed by atoms with E-state index in [0.29, 0.717) is 0 Å². The minimum atomic E-state index is 0.923. The van der Waals surface area contributed by atoms with Crippen LogP contribution in [0.15, 0.2) is 84.9 Å². The number of unbranched alkanes of at least 4 members (excludes halogenated alkanes) is 2. The summed E-state index contributed by atoms with van der Waals surface area (Å²) >= 11 is 0. The van der Waals surface area contributed by atoms with E-state index in [1.165, 1.54) is 70.2 Å². The maximum atomic E-state index is 6.19. The molecule has 0 unspecified atom stereocenters. The zero-order chi connectivity index (χ0) is 26.7. The van der Waals surface area contributed by atoms with Gasteiger partial charge in [-0.15, -0.1) is 0 Å². The highest BCUT2D eigenvalue weighted by Crippen LogP contribution is 2.21. The molecule has 0 fully saturated rings. The van der Waals surface area contributed by atoms with Crippen LogP contribution in [0.1, 0.15) is 84.0 Å². The molecular weight excluding hydrogens is 460 g/mol. The number of hydrogen-bond donors (Lipinski definition) is 2. The van der Waals surface area contributed by atoms with Crippen molar-refractivity contribution in [1.82, 2.24) is 0 Å². The van der Waals surface area contributed by atoms with Crippen molar-refractivity contribution in [3.05, 3.63) is 129 Å². The number of aryl methyl sites for hydroxylation is 4. The van der Waals surface area contributed by atoms with Crippen LogP contribution in [-0.4, -0.2) is 0 Å². The second-order valence-electron chi connectivity index (χ2n) is 10.8. The van der Waals surface area contributed by atoms with E-state index in [0.717, 1.165) is 49.9 Å². The maximum Gasteiger partial charge on any atom is 0.0346 e. The Hall–Kier alpha value is -3.52. The molecule has 0 aliphatic rings. The predicted octanol–water partition coefficient (Wildman–Crippen LogP) is 8.50. The average Bonchev–Trinajstić information content (AvgIpc) is 2.94. The molecule has 4 aromatic carbocycles. The first kappa shape index (κ1) is 27.5. The first-order chi connectivity index (χ1) is 18.5. The smallest absolute Gasteiger partial charge is 0.0346 e. The van der Waals surface area contributed by atoms with Crippen molar-refractivity contribution in [2.24, 2.45) is 0 Å². The van der Waals surface area contributed by atoms with Gasteiger partial charge >= 0.3 is 0 Å². The topological polar surface area (TPSA) is 52.0 Å². The molecule has 198 valence electrons. The second kappa shape index (κ2) is 13.9.